The molecule has 0 saturated carbocycles. The van der Waals surface area contributed by atoms with E-state index in [1.165, 1.54) is 0 Å². The van der Waals surface area contributed by atoms with E-state index in [4.69, 9.17) is 12.8 Å². The SMILES string of the molecule is C#CCOOOCC#C. The summed E-state index contributed by atoms with van der Waals surface area (Å²) in [6, 6.07) is 0. The van der Waals surface area contributed by atoms with Crippen molar-refractivity contribution >= 4 is 0 Å². The zero-order valence-corrected chi connectivity index (χ0v) is 4.79. The standard InChI is InChI=1S/C6H6O3/c1-3-5-7-9-8-6-4-2/h1-2H,5-6H2. The van der Waals surface area contributed by atoms with Crippen LogP contribution in [0, 0.1) is 24.7 Å². The number of terminal acetylenes is 2. The van der Waals surface area contributed by atoms with Crippen LogP contribution in [0.5, 0.6) is 0 Å². The fraction of sp³-hybridized carbons (Fsp3) is 0.333. The summed E-state index contributed by atoms with van der Waals surface area (Å²) in [5, 5.41) is 4.03. The van der Waals surface area contributed by atoms with Gasteiger partial charge in [0.2, 0.25) is 0 Å². The molecule has 0 aromatic heterocycles. The summed E-state index contributed by atoms with van der Waals surface area (Å²) in [4.78, 5) is 8.46. The molecule has 0 radical (unpaired) electrons. The van der Waals surface area contributed by atoms with Crippen molar-refractivity contribution in [1.82, 2.24) is 0 Å². The molecule has 0 N–H and O–H groups in total. The van der Waals surface area contributed by atoms with Crippen molar-refractivity contribution in [3.63, 3.8) is 0 Å². The molecular weight excluding hydrogens is 120 g/mol. The first kappa shape index (κ1) is 8.00. The van der Waals surface area contributed by atoms with Gasteiger partial charge < -0.3 is 0 Å². The maximum Gasteiger partial charge on any atom is 0.146 e. The van der Waals surface area contributed by atoms with Gasteiger partial charge in [-0.15, -0.1) is 12.8 Å². The lowest BCUT2D eigenvalue weighted by Crippen LogP contribution is -1.96. The average Bonchev–Trinajstić information content (AvgIpc) is 1.89. The Kier molecular flexibility index (Phi) is 6.22. The van der Waals surface area contributed by atoms with Crippen LogP contribution < -0.4 is 0 Å². The first-order valence-corrected chi connectivity index (χ1v) is 2.20. The Labute approximate surface area is 53.8 Å². The molecule has 0 aromatic carbocycles. The fourth-order valence-electron chi connectivity index (χ4n) is 0.150. The van der Waals surface area contributed by atoms with Gasteiger partial charge in [-0.25, -0.2) is 0 Å². The molecule has 0 unspecified atom stereocenters. The van der Waals surface area contributed by atoms with Crippen molar-refractivity contribution < 1.29 is 14.8 Å². The molecule has 3 nitrogen and oxygen atoms in total. The van der Waals surface area contributed by atoms with Crippen LogP contribution in [0.1, 0.15) is 0 Å². The van der Waals surface area contributed by atoms with E-state index < -0.39 is 0 Å². The lowest BCUT2D eigenvalue weighted by Gasteiger charge is -1.94. The van der Waals surface area contributed by atoms with Crippen LogP contribution >= 0.6 is 0 Å². The lowest BCUT2D eigenvalue weighted by atomic mass is 10.8. The monoisotopic (exact) mass is 126 g/mol. The summed E-state index contributed by atoms with van der Waals surface area (Å²) in [6.07, 6.45) is 9.58. The lowest BCUT2D eigenvalue weighted by molar-refractivity contribution is -0.503. The van der Waals surface area contributed by atoms with Gasteiger partial charge in [0.15, 0.2) is 0 Å². The molecule has 0 saturated heterocycles. The van der Waals surface area contributed by atoms with Crippen LogP contribution in [-0.2, 0) is 14.8 Å². The molecule has 9 heavy (non-hydrogen) atoms. The second-order valence-corrected chi connectivity index (χ2v) is 1.00. The highest BCUT2D eigenvalue weighted by molar-refractivity contribution is 4.82. The molecule has 0 aliphatic carbocycles. The first-order chi connectivity index (χ1) is 4.41. The number of rotatable bonds is 4. The Hall–Kier alpha value is -1.00. The van der Waals surface area contributed by atoms with Gasteiger partial charge in [0.05, 0.1) is 0 Å². The van der Waals surface area contributed by atoms with Crippen LogP contribution in [0.4, 0.5) is 0 Å². The summed E-state index contributed by atoms with van der Waals surface area (Å²) in [5.74, 6) is 4.33. The molecule has 0 spiro atoms. The van der Waals surface area contributed by atoms with Gasteiger partial charge in [-0.05, 0) is 0 Å². The van der Waals surface area contributed by atoms with Gasteiger partial charge in [0.25, 0.3) is 0 Å². The molecule has 0 atom stereocenters. The van der Waals surface area contributed by atoms with Crippen molar-refractivity contribution in [1.29, 1.82) is 0 Å². The van der Waals surface area contributed by atoms with Gasteiger partial charge in [0, 0.05) is 0 Å². The predicted molar refractivity (Wildman–Crippen MR) is 30.7 cm³/mol. The normalized spacial score (nSPS) is 7.78. The largest absolute Gasteiger partial charge is 0.193 e. The van der Waals surface area contributed by atoms with Gasteiger partial charge in [-0.1, -0.05) is 16.9 Å². The van der Waals surface area contributed by atoms with Crippen LogP contribution in [0.3, 0.4) is 0 Å². The van der Waals surface area contributed by atoms with E-state index in [9.17, 15) is 0 Å². The zero-order chi connectivity index (χ0) is 6.95. The number of hydrogen-bond donors (Lipinski definition) is 0. The van der Waals surface area contributed by atoms with Crippen molar-refractivity contribution in [2.75, 3.05) is 13.2 Å². The van der Waals surface area contributed by atoms with Crippen LogP contribution in [0.15, 0.2) is 0 Å². The molecule has 0 aliphatic rings. The fourth-order valence-corrected chi connectivity index (χ4v) is 0.150. The Morgan fingerprint density at radius 1 is 1.00 bits per heavy atom. The highest BCUT2D eigenvalue weighted by atomic mass is 17.5. The topological polar surface area (TPSA) is 27.7 Å². The minimum Gasteiger partial charge on any atom is -0.193 e. The van der Waals surface area contributed by atoms with Gasteiger partial charge in [-0.2, -0.15) is 9.78 Å². The molecule has 0 aromatic rings. The van der Waals surface area contributed by atoms with E-state index in [-0.39, 0.29) is 13.2 Å². The molecular formula is C6H6O3. The Balaban J connectivity index is 2.79. The highest BCUT2D eigenvalue weighted by Gasteiger charge is 1.81. The Morgan fingerprint density at radius 3 is 1.78 bits per heavy atom. The predicted octanol–water partition coefficient (Wildman–Crippen LogP) is 0.133. The molecule has 48 valence electrons. The summed E-state index contributed by atoms with van der Waals surface area (Å²) < 4.78 is 0. The van der Waals surface area contributed by atoms with Gasteiger partial charge >= 0.3 is 0 Å². The Morgan fingerprint density at radius 2 is 1.44 bits per heavy atom. The summed E-state index contributed by atoms with van der Waals surface area (Å²) in [5.41, 5.74) is 0. The summed E-state index contributed by atoms with van der Waals surface area (Å²) in [6.45, 7) is 0.0924. The third-order valence-corrected chi connectivity index (χ3v) is 0.381. The minimum absolute atomic E-state index is 0.0462. The second-order valence-electron chi connectivity index (χ2n) is 1.00. The summed E-state index contributed by atoms with van der Waals surface area (Å²) >= 11 is 0. The molecule has 0 amide bonds. The maximum absolute atomic E-state index is 4.79. The summed E-state index contributed by atoms with van der Waals surface area (Å²) in [7, 11) is 0. The van der Waals surface area contributed by atoms with Crippen molar-refractivity contribution in [2.45, 2.75) is 0 Å². The van der Waals surface area contributed by atoms with Gasteiger partial charge in [0.1, 0.15) is 13.2 Å². The van der Waals surface area contributed by atoms with Crippen molar-refractivity contribution in [3.05, 3.63) is 0 Å². The highest BCUT2D eigenvalue weighted by Crippen LogP contribution is 1.77. The van der Waals surface area contributed by atoms with Crippen LogP contribution in [0.25, 0.3) is 0 Å². The van der Waals surface area contributed by atoms with Crippen LogP contribution in [0.2, 0.25) is 0 Å². The average molecular weight is 126 g/mol. The smallest absolute Gasteiger partial charge is 0.146 e. The molecule has 0 aliphatic heterocycles. The van der Waals surface area contributed by atoms with Crippen molar-refractivity contribution in [3.8, 4) is 24.7 Å². The molecule has 3 heteroatoms. The third-order valence-electron chi connectivity index (χ3n) is 0.381. The maximum atomic E-state index is 4.79. The number of hydrogen-bond acceptors (Lipinski definition) is 3. The molecule has 0 bridgehead atoms. The van der Waals surface area contributed by atoms with E-state index in [1.807, 2.05) is 0 Å². The molecule has 0 heterocycles. The van der Waals surface area contributed by atoms with E-state index in [0.29, 0.717) is 0 Å². The molecule has 0 fully saturated rings. The van der Waals surface area contributed by atoms with E-state index in [1.54, 1.807) is 0 Å². The Bertz CT molecular complexity index is 112. The second kappa shape index (κ2) is 7.00. The third kappa shape index (κ3) is 7.00. The quantitative estimate of drug-likeness (QED) is 0.232. The van der Waals surface area contributed by atoms with E-state index >= 15 is 0 Å². The molecule has 0 rings (SSSR count). The van der Waals surface area contributed by atoms with Gasteiger partial charge in [-0.3, -0.25) is 0 Å². The minimum atomic E-state index is 0.0462. The van der Waals surface area contributed by atoms with E-state index in [0.717, 1.165) is 0 Å². The zero-order valence-electron chi connectivity index (χ0n) is 4.79. The first-order valence-electron chi connectivity index (χ1n) is 2.20. The van der Waals surface area contributed by atoms with Crippen molar-refractivity contribution in [2.24, 2.45) is 0 Å². The van der Waals surface area contributed by atoms with Crippen LogP contribution in [-0.4, -0.2) is 13.2 Å². The van der Waals surface area contributed by atoms with E-state index in [2.05, 4.69) is 26.7 Å².